The summed E-state index contributed by atoms with van der Waals surface area (Å²) in [6.45, 7) is 8.23. The third-order valence-corrected chi connectivity index (χ3v) is 4.65. The summed E-state index contributed by atoms with van der Waals surface area (Å²) in [4.78, 5) is 38.8. The van der Waals surface area contributed by atoms with Crippen molar-refractivity contribution in [2.24, 2.45) is 0 Å². The van der Waals surface area contributed by atoms with Crippen LogP contribution < -0.4 is 0 Å². The van der Waals surface area contributed by atoms with Crippen LogP contribution in [-0.2, 0) is 15.1 Å². The van der Waals surface area contributed by atoms with Crippen molar-refractivity contribution < 1.29 is 19.5 Å². The maximum Gasteiger partial charge on any atom is 0.323 e. The molecular weight excluding hydrogens is 336 g/mol. The monoisotopic (exact) mass is 364 g/mol. The van der Waals surface area contributed by atoms with Gasteiger partial charge in [-0.1, -0.05) is 0 Å². The van der Waals surface area contributed by atoms with E-state index in [4.69, 9.17) is 5.11 Å². The third-order valence-electron chi connectivity index (χ3n) is 4.65. The Kier molecular flexibility index (Phi) is 6.05. The van der Waals surface area contributed by atoms with Crippen LogP contribution in [0.2, 0.25) is 0 Å². The molecule has 1 N–H and O–H groups in total. The van der Waals surface area contributed by atoms with Gasteiger partial charge in [0, 0.05) is 32.3 Å². The lowest BCUT2D eigenvalue weighted by Crippen LogP contribution is -2.43. The molecule has 1 aliphatic heterocycles. The van der Waals surface area contributed by atoms with Crippen LogP contribution in [0.3, 0.4) is 0 Å². The second kappa shape index (κ2) is 7.88. The van der Waals surface area contributed by atoms with Crippen LogP contribution in [0.5, 0.6) is 0 Å². The number of carbonyl (C=O) groups is 3. The molecule has 1 aromatic rings. The Labute approximate surface area is 153 Å². The number of hydrogen-bond donors (Lipinski definition) is 1. The van der Waals surface area contributed by atoms with Crippen molar-refractivity contribution in [3.8, 4) is 0 Å². The van der Waals surface area contributed by atoms with E-state index in [2.05, 4.69) is 5.10 Å². The van der Waals surface area contributed by atoms with Gasteiger partial charge in [0.05, 0.1) is 17.3 Å². The summed E-state index contributed by atoms with van der Waals surface area (Å²) in [5.41, 5.74) is 0.355. The Morgan fingerprint density at radius 2 is 1.96 bits per heavy atom. The van der Waals surface area contributed by atoms with Gasteiger partial charge < -0.3 is 14.9 Å². The van der Waals surface area contributed by atoms with Gasteiger partial charge in [0.15, 0.2) is 0 Å². The second-order valence-electron chi connectivity index (χ2n) is 7.76. The number of rotatable bonds is 4. The lowest BCUT2D eigenvalue weighted by atomic mass is 10.1. The molecule has 1 aliphatic rings. The van der Waals surface area contributed by atoms with Crippen LogP contribution in [0.25, 0.3) is 0 Å². The van der Waals surface area contributed by atoms with Gasteiger partial charge in [0.25, 0.3) is 5.91 Å². The van der Waals surface area contributed by atoms with E-state index in [0.717, 1.165) is 6.42 Å². The van der Waals surface area contributed by atoms with Crippen molar-refractivity contribution in [3.05, 3.63) is 18.0 Å². The van der Waals surface area contributed by atoms with Crippen molar-refractivity contribution in [3.63, 3.8) is 0 Å². The summed E-state index contributed by atoms with van der Waals surface area (Å²) >= 11 is 0. The predicted octanol–water partition coefficient (Wildman–Crippen LogP) is 1.57. The summed E-state index contributed by atoms with van der Waals surface area (Å²) in [5.74, 6) is -1.34. The Morgan fingerprint density at radius 1 is 1.27 bits per heavy atom. The molecule has 0 spiro atoms. The summed E-state index contributed by atoms with van der Waals surface area (Å²) in [5, 5.41) is 13.3. The number of carboxylic acid groups (broad SMARTS) is 1. The van der Waals surface area contributed by atoms with Gasteiger partial charge >= 0.3 is 5.97 Å². The maximum atomic E-state index is 12.8. The average Bonchev–Trinajstić information content (AvgIpc) is 2.91. The Bertz CT molecular complexity index is 677. The molecule has 8 nitrogen and oxygen atoms in total. The van der Waals surface area contributed by atoms with E-state index in [0.29, 0.717) is 31.5 Å². The highest BCUT2D eigenvalue weighted by molar-refractivity contribution is 5.93. The van der Waals surface area contributed by atoms with E-state index in [-0.39, 0.29) is 29.9 Å². The standard InChI is InChI=1S/C18H28N4O4/c1-13(23)21(12-16(24)25)15-6-5-8-20(9-7-15)17(26)14-10-19-22(11-14)18(2,3)4/h10-11,15H,5-9,12H2,1-4H3,(H,24,25). The normalized spacial score (nSPS) is 18.3. The van der Waals surface area contributed by atoms with Crippen LogP contribution >= 0.6 is 0 Å². The highest BCUT2D eigenvalue weighted by Crippen LogP contribution is 2.20. The molecule has 0 saturated carbocycles. The van der Waals surface area contributed by atoms with Gasteiger partial charge in [0.2, 0.25) is 5.91 Å². The third kappa shape index (κ3) is 4.83. The Balaban J connectivity index is 2.05. The number of aliphatic carboxylic acids is 1. The molecule has 0 radical (unpaired) electrons. The summed E-state index contributed by atoms with van der Waals surface area (Å²) in [7, 11) is 0. The van der Waals surface area contributed by atoms with Gasteiger partial charge in [-0.2, -0.15) is 5.10 Å². The number of hydrogen-bond acceptors (Lipinski definition) is 4. The molecule has 0 aromatic carbocycles. The largest absolute Gasteiger partial charge is 0.480 e. The summed E-state index contributed by atoms with van der Waals surface area (Å²) < 4.78 is 1.77. The Morgan fingerprint density at radius 3 is 2.50 bits per heavy atom. The average molecular weight is 364 g/mol. The highest BCUT2D eigenvalue weighted by Gasteiger charge is 2.28. The van der Waals surface area contributed by atoms with E-state index in [9.17, 15) is 14.4 Å². The molecule has 2 heterocycles. The molecule has 1 unspecified atom stereocenters. The fraction of sp³-hybridized carbons (Fsp3) is 0.667. The molecule has 26 heavy (non-hydrogen) atoms. The van der Waals surface area contributed by atoms with Gasteiger partial charge in [-0.25, -0.2) is 0 Å². The molecule has 1 saturated heterocycles. The van der Waals surface area contributed by atoms with Crippen LogP contribution in [0.4, 0.5) is 0 Å². The fourth-order valence-electron chi connectivity index (χ4n) is 3.22. The van der Waals surface area contributed by atoms with Gasteiger partial charge in [0.1, 0.15) is 6.54 Å². The minimum atomic E-state index is -1.02. The number of nitrogens with zero attached hydrogens (tertiary/aromatic N) is 4. The number of carbonyl (C=O) groups excluding carboxylic acids is 2. The first kappa shape index (κ1) is 19.9. The van der Waals surface area contributed by atoms with Crippen molar-refractivity contribution in [2.75, 3.05) is 19.6 Å². The number of aromatic nitrogens is 2. The zero-order chi connectivity index (χ0) is 19.5. The van der Waals surface area contributed by atoms with Crippen LogP contribution in [0, 0.1) is 0 Å². The fourth-order valence-corrected chi connectivity index (χ4v) is 3.22. The molecule has 0 bridgehead atoms. The molecule has 2 rings (SSSR count). The maximum absolute atomic E-state index is 12.8. The molecule has 0 aliphatic carbocycles. The predicted molar refractivity (Wildman–Crippen MR) is 95.8 cm³/mol. The first-order valence-electron chi connectivity index (χ1n) is 8.93. The topological polar surface area (TPSA) is 95.7 Å². The molecule has 144 valence electrons. The summed E-state index contributed by atoms with van der Waals surface area (Å²) in [6.07, 6.45) is 5.34. The van der Waals surface area contributed by atoms with Crippen LogP contribution in [0.1, 0.15) is 57.3 Å². The lowest BCUT2D eigenvalue weighted by molar-refractivity contribution is -0.145. The van der Waals surface area contributed by atoms with Crippen LogP contribution in [-0.4, -0.2) is 68.1 Å². The van der Waals surface area contributed by atoms with Crippen molar-refractivity contribution in [1.29, 1.82) is 0 Å². The highest BCUT2D eigenvalue weighted by atomic mass is 16.4. The van der Waals surface area contributed by atoms with Crippen molar-refractivity contribution in [2.45, 2.75) is 58.5 Å². The van der Waals surface area contributed by atoms with Gasteiger partial charge in [-0.15, -0.1) is 0 Å². The first-order chi connectivity index (χ1) is 12.1. The zero-order valence-corrected chi connectivity index (χ0v) is 15.9. The van der Waals surface area contributed by atoms with E-state index in [1.165, 1.54) is 11.8 Å². The summed E-state index contributed by atoms with van der Waals surface area (Å²) in [6, 6.07) is -0.154. The quantitative estimate of drug-likeness (QED) is 0.875. The number of carboxylic acids is 1. The molecule has 1 fully saturated rings. The zero-order valence-electron chi connectivity index (χ0n) is 15.9. The minimum absolute atomic E-state index is 0.0752. The van der Waals surface area contributed by atoms with Gasteiger partial charge in [-0.3, -0.25) is 19.1 Å². The van der Waals surface area contributed by atoms with E-state index in [1.54, 1.807) is 22.0 Å². The SMILES string of the molecule is CC(=O)N(CC(=O)O)C1CCCN(C(=O)c2cnn(C(C)(C)C)c2)CC1. The molecular formula is C18H28N4O4. The lowest BCUT2D eigenvalue weighted by Gasteiger charge is -2.28. The van der Waals surface area contributed by atoms with Gasteiger partial charge in [-0.05, 0) is 40.0 Å². The molecule has 8 heteroatoms. The number of likely N-dealkylation sites (tertiary alicyclic amines) is 1. The first-order valence-corrected chi connectivity index (χ1v) is 8.93. The van der Waals surface area contributed by atoms with E-state index in [1.807, 2.05) is 20.8 Å². The molecule has 1 aromatic heterocycles. The van der Waals surface area contributed by atoms with Crippen LogP contribution in [0.15, 0.2) is 12.4 Å². The molecule has 1 atom stereocenters. The second-order valence-corrected chi connectivity index (χ2v) is 7.76. The molecule has 2 amide bonds. The Hall–Kier alpha value is -2.38. The minimum Gasteiger partial charge on any atom is -0.480 e. The van der Waals surface area contributed by atoms with E-state index >= 15 is 0 Å². The number of amides is 2. The smallest absolute Gasteiger partial charge is 0.323 e. The van der Waals surface area contributed by atoms with Crippen molar-refractivity contribution in [1.82, 2.24) is 19.6 Å². The van der Waals surface area contributed by atoms with E-state index < -0.39 is 5.97 Å². The van der Waals surface area contributed by atoms with Crippen molar-refractivity contribution >= 4 is 17.8 Å².